The Labute approximate surface area is 114 Å². The van der Waals surface area contributed by atoms with Crippen molar-refractivity contribution >= 4 is 0 Å². The first kappa shape index (κ1) is 16.0. The summed E-state index contributed by atoms with van der Waals surface area (Å²) in [5.74, 6) is 1.48. The minimum atomic E-state index is 0.103. The standard InChI is InChI=1S/C16H33NO/c1-6-11-17-12-16(18-15(5)13(2)3)9-7-14(4)8-10-16/h13-15,17H,6-12H2,1-5H3. The molecular weight excluding hydrogens is 222 g/mol. The second-order valence-electron chi connectivity index (χ2n) is 6.61. The first-order chi connectivity index (χ1) is 8.49. The number of ether oxygens (including phenoxy) is 1. The Kier molecular flexibility index (Phi) is 6.65. The maximum Gasteiger partial charge on any atom is 0.0810 e. The first-order valence-electron chi connectivity index (χ1n) is 7.87. The van der Waals surface area contributed by atoms with Crippen molar-refractivity contribution in [2.45, 2.75) is 78.4 Å². The SMILES string of the molecule is CCCNCC1(OC(C)C(C)C)CCC(C)CC1. The van der Waals surface area contributed by atoms with Crippen LogP contribution in [0.3, 0.4) is 0 Å². The molecule has 0 aromatic rings. The van der Waals surface area contributed by atoms with Gasteiger partial charge >= 0.3 is 0 Å². The van der Waals surface area contributed by atoms with E-state index in [1.54, 1.807) is 0 Å². The third kappa shape index (κ3) is 4.89. The predicted molar refractivity (Wildman–Crippen MR) is 78.9 cm³/mol. The second kappa shape index (κ2) is 7.49. The molecule has 1 N–H and O–H groups in total. The Morgan fingerprint density at radius 2 is 1.83 bits per heavy atom. The van der Waals surface area contributed by atoms with Gasteiger partial charge in [0.15, 0.2) is 0 Å². The van der Waals surface area contributed by atoms with Crippen LogP contribution < -0.4 is 5.32 Å². The van der Waals surface area contributed by atoms with Crippen LogP contribution in [0.25, 0.3) is 0 Å². The number of rotatable bonds is 7. The van der Waals surface area contributed by atoms with Crippen LogP contribution >= 0.6 is 0 Å². The monoisotopic (exact) mass is 255 g/mol. The van der Waals surface area contributed by atoms with Gasteiger partial charge in [-0.1, -0.05) is 27.7 Å². The molecule has 0 radical (unpaired) electrons. The molecule has 108 valence electrons. The highest BCUT2D eigenvalue weighted by molar-refractivity contribution is 4.89. The van der Waals surface area contributed by atoms with Crippen LogP contribution in [0, 0.1) is 11.8 Å². The topological polar surface area (TPSA) is 21.3 Å². The Morgan fingerprint density at radius 1 is 1.22 bits per heavy atom. The lowest BCUT2D eigenvalue weighted by atomic mass is 9.79. The molecule has 1 unspecified atom stereocenters. The van der Waals surface area contributed by atoms with Crippen molar-refractivity contribution in [2.75, 3.05) is 13.1 Å². The Balaban J connectivity index is 2.56. The molecule has 18 heavy (non-hydrogen) atoms. The molecule has 2 heteroatoms. The molecule has 0 saturated heterocycles. The highest BCUT2D eigenvalue weighted by Gasteiger charge is 2.36. The zero-order valence-corrected chi connectivity index (χ0v) is 13.1. The van der Waals surface area contributed by atoms with Crippen molar-refractivity contribution in [1.82, 2.24) is 5.32 Å². The summed E-state index contributed by atoms with van der Waals surface area (Å²) in [6.45, 7) is 13.5. The van der Waals surface area contributed by atoms with E-state index in [1.165, 1.54) is 32.1 Å². The maximum absolute atomic E-state index is 6.47. The van der Waals surface area contributed by atoms with E-state index in [2.05, 4.69) is 39.9 Å². The van der Waals surface area contributed by atoms with Crippen molar-refractivity contribution in [3.63, 3.8) is 0 Å². The Morgan fingerprint density at radius 3 is 2.33 bits per heavy atom. The highest BCUT2D eigenvalue weighted by atomic mass is 16.5. The summed E-state index contributed by atoms with van der Waals surface area (Å²) in [6, 6.07) is 0. The average Bonchev–Trinajstić information content (AvgIpc) is 2.33. The number of hydrogen-bond acceptors (Lipinski definition) is 2. The summed E-state index contributed by atoms with van der Waals surface area (Å²) in [4.78, 5) is 0. The van der Waals surface area contributed by atoms with Gasteiger partial charge < -0.3 is 10.1 Å². The molecule has 1 atom stereocenters. The minimum Gasteiger partial charge on any atom is -0.370 e. The van der Waals surface area contributed by atoms with Gasteiger partial charge in [-0.25, -0.2) is 0 Å². The van der Waals surface area contributed by atoms with E-state index in [0.29, 0.717) is 12.0 Å². The predicted octanol–water partition coefficient (Wildman–Crippen LogP) is 4.00. The molecule has 0 spiro atoms. The summed E-state index contributed by atoms with van der Waals surface area (Å²) in [5.41, 5.74) is 0.103. The van der Waals surface area contributed by atoms with E-state index < -0.39 is 0 Å². The summed E-state index contributed by atoms with van der Waals surface area (Å²) in [5, 5.41) is 3.58. The molecule has 0 aromatic heterocycles. The number of hydrogen-bond donors (Lipinski definition) is 1. The molecule has 0 bridgehead atoms. The van der Waals surface area contributed by atoms with Crippen molar-refractivity contribution < 1.29 is 4.74 Å². The molecule has 1 saturated carbocycles. The van der Waals surface area contributed by atoms with E-state index in [4.69, 9.17) is 4.74 Å². The van der Waals surface area contributed by atoms with Crippen molar-refractivity contribution in [3.8, 4) is 0 Å². The molecule has 1 aliphatic carbocycles. The van der Waals surface area contributed by atoms with Crippen LogP contribution in [-0.2, 0) is 4.74 Å². The molecule has 1 rings (SSSR count). The van der Waals surface area contributed by atoms with E-state index in [-0.39, 0.29) is 5.60 Å². The van der Waals surface area contributed by atoms with Gasteiger partial charge in [0.05, 0.1) is 11.7 Å². The fourth-order valence-electron chi connectivity index (χ4n) is 2.65. The largest absolute Gasteiger partial charge is 0.370 e. The molecule has 2 nitrogen and oxygen atoms in total. The average molecular weight is 255 g/mol. The third-order valence-corrected chi connectivity index (χ3v) is 4.43. The van der Waals surface area contributed by atoms with Crippen molar-refractivity contribution in [2.24, 2.45) is 11.8 Å². The Hall–Kier alpha value is -0.0800. The molecule has 0 aromatic carbocycles. The molecule has 1 fully saturated rings. The van der Waals surface area contributed by atoms with E-state index in [1.807, 2.05) is 0 Å². The third-order valence-electron chi connectivity index (χ3n) is 4.43. The summed E-state index contributed by atoms with van der Waals surface area (Å²) >= 11 is 0. The fourth-order valence-corrected chi connectivity index (χ4v) is 2.65. The smallest absolute Gasteiger partial charge is 0.0810 e. The van der Waals surface area contributed by atoms with Gasteiger partial charge in [0.2, 0.25) is 0 Å². The van der Waals surface area contributed by atoms with E-state index in [9.17, 15) is 0 Å². The van der Waals surface area contributed by atoms with Gasteiger partial charge in [-0.15, -0.1) is 0 Å². The summed E-state index contributed by atoms with van der Waals surface area (Å²) < 4.78 is 6.47. The van der Waals surface area contributed by atoms with Gasteiger partial charge in [-0.3, -0.25) is 0 Å². The summed E-state index contributed by atoms with van der Waals surface area (Å²) in [7, 11) is 0. The van der Waals surface area contributed by atoms with Crippen LogP contribution in [0.4, 0.5) is 0 Å². The maximum atomic E-state index is 6.47. The first-order valence-corrected chi connectivity index (χ1v) is 7.87. The van der Waals surface area contributed by atoms with Gasteiger partial charge in [-0.2, -0.15) is 0 Å². The van der Waals surface area contributed by atoms with Crippen LogP contribution in [0.5, 0.6) is 0 Å². The molecule has 0 heterocycles. The van der Waals surface area contributed by atoms with Gasteiger partial charge in [0.1, 0.15) is 0 Å². The highest BCUT2D eigenvalue weighted by Crippen LogP contribution is 2.36. The van der Waals surface area contributed by atoms with E-state index in [0.717, 1.165) is 19.0 Å². The normalized spacial score (nSPS) is 30.7. The quantitative estimate of drug-likeness (QED) is 0.694. The Bertz CT molecular complexity index is 219. The lowest BCUT2D eigenvalue weighted by Crippen LogP contribution is -2.48. The minimum absolute atomic E-state index is 0.103. The van der Waals surface area contributed by atoms with Crippen LogP contribution in [0.2, 0.25) is 0 Å². The van der Waals surface area contributed by atoms with Crippen LogP contribution in [0.1, 0.15) is 66.7 Å². The number of nitrogens with one attached hydrogen (secondary N) is 1. The van der Waals surface area contributed by atoms with Crippen molar-refractivity contribution in [1.29, 1.82) is 0 Å². The fraction of sp³-hybridized carbons (Fsp3) is 1.00. The molecule has 1 aliphatic rings. The van der Waals surface area contributed by atoms with Gasteiger partial charge in [-0.05, 0) is 57.4 Å². The molecular formula is C16H33NO. The van der Waals surface area contributed by atoms with Crippen molar-refractivity contribution in [3.05, 3.63) is 0 Å². The molecule has 0 aliphatic heterocycles. The zero-order valence-electron chi connectivity index (χ0n) is 13.1. The molecule has 0 amide bonds. The van der Waals surface area contributed by atoms with Crippen LogP contribution in [-0.4, -0.2) is 24.8 Å². The second-order valence-corrected chi connectivity index (χ2v) is 6.61. The summed E-state index contributed by atoms with van der Waals surface area (Å²) in [6.07, 6.45) is 6.65. The lowest BCUT2D eigenvalue weighted by Gasteiger charge is -2.42. The lowest BCUT2D eigenvalue weighted by molar-refractivity contribution is -0.124. The van der Waals surface area contributed by atoms with E-state index >= 15 is 0 Å². The van der Waals surface area contributed by atoms with Gasteiger partial charge in [0, 0.05) is 6.54 Å². The zero-order chi connectivity index (χ0) is 13.6. The van der Waals surface area contributed by atoms with Gasteiger partial charge in [0.25, 0.3) is 0 Å². The van der Waals surface area contributed by atoms with Crippen LogP contribution in [0.15, 0.2) is 0 Å².